The van der Waals surface area contributed by atoms with Crippen molar-refractivity contribution in [2.24, 2.45) is 0 Å². The van der Waals surface area contributed by atoms with Crippen LogP contribution < -0.4 is 5.73 Å². The lowest BCUT2D eigenvalue weighted by atomic mass is 10.1. The van der Waals surface area contributed by atoms with E-state index in [1.54, 1.807) is 13.2 Å². The number of hydrogen-bond donors (Lipinski definition) is 1. The van der Waals surface area contributed by atoms with Crippen molar-refractivity contribution in [2.45, 2.75) is 26.4 Å². The number of nitrogens with zero attached hydrogens (tertiary/aromatic N) is 1. The van der Waals surface area contributed by atoms with Crippen LogP contribution in [0.5, 0.6) is 0 Å². The monoisotopic (exact) mass is 256 g/mol. The second kappa shape index (κ2) is 6.84. The van der Waals surface area contributed by atoms with Crippen LogP contribution in [-0.2, 0) is 11.3 Å². The molecule has 0 saturated heterocycles. The van der Waals surface area contributed by atoms with Gasteiger partial charge in [0.2, 0.25) is 0 Å². The minimum Gasteiger partial charge on any atom is -0.399 e. The average Bonchev–Trinajstić information content (AvgIpc) is 2.22. The lowest BCUT2D eigenvalue weighted by Crippen LogP contribution is -2.33. The zero-order valence-corrected chi connectivity index (χ0v) is 11.5. The van der Waals surface area contributed by atoms with E-state index in [-0.39, 0.29) is 0 Å². The molecule has 1 rings (SSSR count). The molecule has 0 amide bonds. The van der Waals surface area contributed by atoms with Crippen LogP contribution in [0.1, 0.15) is 19.4 Å². The number of nitrogens with two attached hydrogens (primary N) is 1. The Kier molecular flexibility index (Phi) is 5.75. The molecule has 17 heavy (non-hydrogen) atoms. The highest BCUT2D eigenvalue weighted by Crippen LogP contribution is 2.18. The van der Waals surface area contributed by atoms with Crippen molar-refractivity contribution in [3.63, 3.8) is 0 Å². The molecule has 1 aromatic carbocycles. The van der Waals surface area contributed by atoms with Gasteiger partial charge in [-0.3, -0.25) is 4.90 Å². The van der Waals surface area contributed by atoms with Gasteiger partial charge in [0.1, 0.15) is 0 Å². The molecule has 0 atom stereocenters. The number of anilines is 1. The smallest absolute Gasteiger partial charge is 0.0589 e. The predicted molar refractivity (Wildman–Crippen MR) is 73.3 cm³/mol. The van der Waals surface area contributed by atoms with Gasteiger partial charge in [-0.2, -0.15) is 0 Å². The fraction of sp³-hybridized carbons (Fsp3) is 0.538. The lowest BCUT2D eigenvalue weighted by Gasteiger charge is -2.26. The highest BCUT2D eigenvalue weighted by molar-refractivity contribution is 6.30. The number of nitrogen functional groups attached to an aromatic ring is 1. The summed E-state index contributed by atoms with van der Waals surface area (Å²) in [6.45, 7) is 6.81. The zero-order chi connectivity index (χ0) is 12.8. The van der Waals surface area contributed by atoms with E-state index in [2.05, 4.69) is 18.7 Å². The van der Waals surface area contributed by atoms with E-state index in [0.717, 1.165) is 25.3 Å². The minimum atomic E-state index is 0.463. The molecule has 0 spiro atoms. The van der Waals surface area contributed by atoms with Crippen molar-refractivity contribution >= 4 is 17.3 Å². The van der Waals surface area contributed by atoms with E-state index in [1.807, 2.05) is 12.1 Å². The number of hydrogen-bond acceptors (Lipinski definition) is 3. The SMILES string of the molecule is COCCN(Cc1cc(N)cc(Cl)c1)C(C)C. The molecule has 96 valence electrons. The molecular formula is C13H21ClN2O. The van der Waals surface area contributed by atoms with E-state index in [9.17, 15) is 0 Å². The summed E-state index contributed by atoms with van der Waals surface area (Å²) >= 11 is 5.99. The zero-order valence-electron chi connectivity index (χ0n) is 10.7. The Morgan fingerprint density at radius 2 is 2.06 bits per heavy atom. The molecule has 1 aromatic rings. The van der Waals surface area contributed by atoms with Gasteiger partial charge >= 0.3 is 0 Å². The Morgan fingerprint density at radius 3 is 2.59 bits per heavy atom. The molecule has 0 aromatic heterocycles. The molecule has 4 heteroatoms. The summed E-state index contributed by atoms with van der Waals surface area (Å²) in [5.74, 6) is 0. The molecule has 0 aliphatic carbocycles. The third kappa shape index (κ3) is 4.94. The number of ether oxygens (including phenoxy) is 1. The van der Waals surface area contributed by atoms with Crippen LogP contribution in [0, 0.1) is 0 Å². The van der Waals surface area contributed by atoms with Gasteiger partial charge < -0.3 is 10.5 Å². The first-order valence-electron chi connectivity index (χ1n) is 5.81. The van der Waals surface area contributed by atoms with Crippen LogP contribution in [0.3, 0.4) is 0 Å². The van der Waals surface area contributed by atoms with Gasteiger partial charge in [-0.25, -0.2) is 0 Å². The summed E-state index contributed by atoms with van der Waals surface area (Å²) in [6.07, 6.45) is 0. The van der Waals surface area contributed by atoms with E-state index in [1.165, 1.54) is 0 Å². The van der Waals surface area contributed by atoms with Gasteiger partial charge in [-0.15, -0.1) is 0 Å². The normalized spacial score (nSPS) is 11.4. The van der Waals surface area contributed by atoms with Crippen molar-refractivity contribution in [2.75, 3.05) is 26.0 Å². The van der Waals surface area contributed by atoms with Crippen LogP contribution >= 0.6 is 11.6 Å². The van der Waals surface area contributed by atoms with Crippen LogP contribution in [0.2, 0.25) is 5.02 Å². The van der Waals surface area contributed by atoms with Gasteiger partial charge in [-0.05, 0) is 37.6 Å². The van der Waals surface area contributed by atoms with E-state index >= 15 is 0 Å². The average molecular weight is 257 g/mol. The topological polar surface area (TPSA) is 38.5 Å². The Bertz CT molecular complexity index is 335. The standard InChI is InChI=1S/C13H21ClN2O/c1-10(2)16(4-5-17-3)9-11-6-12(14)8-13(15)7-11/h6-8,10H,4-5,9,15H2,1-3H3. The summed E-state index contributed by atoms with van der Waals surface area (Å²) in [5, 5.41) is 0.690. The Morgan fingerprint density at radius 1 is 1.35 bits per heavy atom. The van der Waals surface area contributed by atoms with Crippen molar-refractivity contribution in [1.82, 2.24) is 4.90 Å². The molecule has 2 N–H and O–H groups in total. The summed E-state index contributed by atoms with van der Waals surface area (Å²) in [7, 11) is 1.72. The van der Waals surface area contributed by atoms with Gasteiger partial charge in [0.25, 0.3) is 0 Å². The summed E-state index contributed by atoms with van der Waals surface area (Å²) in [5.41, 5.74) is 7.63. The lowest BCUT2D eigenvalue weighted by molar-refractivity contribution is 0.125. The van der Waals surface area contributed by atoms with Crippen LogP contribution in [0.4, 0.5) is 5.69 Å². The quantitative estimate of drug-likeness (QED) is 0.796. The summed E-state index contributed by atoms with van der Waals surface area (Å²) < 4.78 is 5.12. The Labute approximate surface area is 109 Å². The van der Waals surface area contributed by atoms with Gasteiger partial charge in [-0.1, -0.05) is 11.6 Å². The maximum absolute atomic E-state index is 5.99. The fourth-order valence-electron chi connectivity index (χ4n) is 1.73. The van der Waals surface area contributed by atoms with Crippen LogP contribution in [-0.4, -0.2) is 31.2 Å². The number of methoxy groups -OCH3 is 1. The number of halogens is 1. The minimum absolute atomic E-state index is 0.463. The van der Waals surface area contributed by atoms with Gasteiger partial charge in [0, 0.05) is 37.0 Å². The van der Waals surface area contributed by atoms with Crippen LogP contribution in [0.25, 0.3) is 0 Å². The molecule has 0 bridgehead atoms. The van der Waals surface area contributed by atoms with Crippen molar-refractivity contribution in [1.29, 1.82) is 0 Å². The highest BCUT2D eigenvalue weighted by Gasteiger charge is 2.10. The predicted octanol–water partition coefficient (Wildman–Crippen LogP) is 2.78. The highest BCUT2D eigenvalue weighted by atomic mass is 35.5. The first-order chi connectivity index (χ1) is 8.02. The van der Waals surface area contributed by atoms with Gasteiger partial charge in [0.15, 0.2) is 0 Å². The second-order valence-electron chi connectivity index (χ2n) is 4.45. The van der Waals surface area contributed by atoms with Crippen molar-refractivity contribution in [3.05, 3.63) is 28.8 Å². The second-order valence-corrected chi connectivity index (χ2v) is 4.89. The Hall–Kier alpha value is -0.770. The maximum atomic E-state index is 5.99. The largest absolute Gasteiger partial charge is 0.399 e. The summed E-state index contributed by atoms with van der Waals surface area (Å²) in [4.78, 5) is 2.33. The number of rotatable bonds is 6. The molecule has 0 radical (unpaired) electrons. The molecule has 0 fully saturated rings. The first kappa shape index (κ1) is 14.3. The molecule has 3 nitrogen and oxygen atoms in total. The molecule has 0 saturated carbocycles. The fourth-order valence-corrected chi connectivity index (χ4v) is 2.00. The van der Waals surface area contributed by atoms with Crippen LogP contribution in [0.15, 0.2) is 18.2 Å². The van der Waals surface area contributed by atoms with E-state index in [0.29, 0.717) is 16.8 Å². The van der Waals surface area contributed by atoms with E-state index in [4.69, 9.17) is 22.1 Å². The third-order valence-corrected chi connectivity index (χ3v) is 2.90. The van der Waals surface area contributed by atoms with E-state index < -0.39 is 0 Å². The molecule has 0 aliphatic heterocycles. The third-order valence-electron chi connectivity index (χ3n) is 2.68. The summed E-state index contributed by atoms with van der Waals surface area (Å²) in [6, 6.07) is 6.15. The van der Waals surface area contributed by atoms with Gasteiger partial charge in [0.05, 0.1) is 6.61 Å². The number of benzene rings is 1. The first-order valence-corrected chi connectivity index (χ1v) is 6.18. The van der Waals surface area contributed by atoms with Crippen molar-refractivity contribution in [3.8, 4) is 0 Å². The Balaban J connectivity index is 2.71. The maximum Gasteiger partial charge on any atom is 0.0589 e. The molecular weight excluding hydrogens is 236 g/mol. The molecule has 0 heterocycles. The van der Waals surface area contributed by atoms with Crippen molar-refractivity contribution < 1.29 is 4.74 Å². The molecule has 0 aliphatic rings. The molecule has 0 unspecified atom stereocenters.